The van der Waals surface area contributed by atoms with E-state index in [0.29, 0.717) is 12.3 Å². The van der Waals surface area contributed by atoms with Crippen molar-refractivity contribution in [2.45, 2.75) is 62.6 Å². The molecule has 0 N–H and O–H groups in total. The minimum absolute atomic E-state index is 0.00431. The third-order valence-corrected chi connectivity index (χ3v) is 7.99. The summed E-state index contributed by atoms with van der Waals surface area (Å²) in [7, 11) is 0. The first-order valence-electron chi connectivity index (χ1n) is 9.21. The van der Waals surface area contributed by atoms with Crippen LogP contribution in [0.15, 0.2) is 0 Å². The summed E-state index contributed by atoms with van der Waals surface area (Å²) in [4.78, 5) is 37.9. The minimum atomic E-state index is -1.71. The van der Waals surface area contributed by atoms with Crippen LogP contribution in [0.3, 0.4) is 0 Å². The van der Waals surface area contributed by atoms with Gasteiger partial charge >= 0.3 is 12.1 Å². The zero-order valence-corrected chi connectivity index (χ0v) is 17.0. The van der Waals surface area contributed by atoms with Crippen molar-refractivity contribution < 1.29 is 28.6 Å². The Kier molecular flexibility index (Phi) is 4.26. The minimum Gasteiger partial charge on any atom is -0.462 e. The number of cyclic esters (lactones) is 1. The smallest absolute Gasteiger partial charge is 0.418 e. The largest absolute Gasteiger partial charge is 0.462 e. The highest BCUT2D eigenvalue weighted by molar-refractivity contribution is 6.36. The molecule has 0 radical (unpaired) electrons. The first-order chi connectivity index (χ1) is 12.5. The van der Waals surface area contributed by atoms with Crippen LogP contribution < -0.4 is 0 Å². The Hall–Kier alpha value is -1.05. The lowest BCUT2D eigenvalue weighted by Crippen LogP contribution is -2.57. The molecule has 9 heteroatoms. The fourth-order valence-corrected chi connectivity index (χ4v) is 6.20. The van der Waals surface area contributed by atoms with Crippen LogP contribution >= 0.6 is 23.2 Å². The highest BCUT2D eigenvalue weighted by atomic mass is 35.5. The van der Waals surface area contributed by atoms with Crippen LogP contribution in [-0.2, 0) is 23.8 Å². The number of amides is 2. The zero-order valence-electron chi connectivity index (χ0n) is 15.5. The lowest BCUT2D eigenvalue weighted by Gasteiger charge is -2.42. The van der Waals surface area contributed by atoms with E-state index in [0.717, 1.165) is 17.7 Å². The molecule has 4 rings (SSSR count). The molecule has 4 aliphatic rings. The van der Waals surface area contributed by atoms with Crippen LogP contribution in [0.1, 0.15) is 40.0 Å². The van der Waals surface area contributed by atoms with E-state index < -0.39 is 39.9 Å². The molecule has 2 saturated heterocycles. The average Bonchev–Trinajstić information content (AvgIpc) is 3.12. The monoisotopic (exact) mass is 419 g/mol. The van der Waals surface area contributed by atoms with Gasteiger partial charge in [-0.2, -0.15) is 0 Å². The number of hydrogen-bond donors (Lipinski definition) is 0. The summed E-state index contributed by atoms with van der Waals surface area (Å²) in [5, 5.41) is 0. The maximum Gasteiger partial charge on any atom is 0.418 e. The second kappa shape index (κ2) is 5.97. The fourth-order valence-electron chi connectivity index (χ4n) is 5.45. The Morgan fingerprint density at radius 3 is 2.52 bits per heavy atom. The van der Waals surface area contributed by atoms with Gasteiger partial charge in [-0.05, 0) is 37.5 Å². The lowest BCUT2D eigenvalue weighted by molar-refractivity contribution is -0.162. The molecule has 7 nitrogen and oxygen atoms in total. The summed E-state index contributed by atoms with van der Waals surface area (Å²) < 4.78 is 16.5. The first kappa shape index (κ1) is 19.3. The van der Waals surface area contributed by atoms with Crippen LogP contribution in [0.25, 0.3) is 0 Å². The molecule has 0 aromatic heterocycles. The van der Waals surface area contributed by atoms with Gasteiger partial charge in [-0.25, -0.2) is 9.69 Å². The number of nitrogens with zero attached hydrogens (tertiary/aromatic N) is 1. The van der Waals surface area contributed by atoms with Gasteiger partial charge in [0.25, 0.3) is 0 Å². The van der Waals surface area contributed by atoms with Gasteiger partial charge in [0.15, 0.2) is 16.5 Å². The number of carbonyl (C=O) groups excluding carboxylic acids is 3. The summed E-state index contributed by atoms with van der Waals surface area (Å²) in [6.07, 6.45) is -0.233. The Morgan fingerprint density at radius 2 is 1.85 bits per heavy atom. The number of alkyl halides is 2. The number of hydrogen-bond acceptors (Lipinski definition) is 6. The molecule has 27 heavy (non-hydrogen) atoms. The van der Waals surface area contributed by atoms with Crippen molar-refractivity contribution in [3.8, 4) is 0 Å². The maximum atomic E-state index is 13.7. The van der Waals surface area contributed by atoms with E-state index in [1.807, 2.05) is 13.8 Å². The van der Waals surface area contributed by atoms with Crippen LogP contribution in [0.4, 0.5) is 4.79 Å². The van der Waals surface area contributed by atoms with Gasteiger partial charge in [0.05, 0.1) is 18.1 Å². The van der Waals surface area contributed by atoms with Crippen LogP contribution in [0, 0.1) is 16.7 Å². The predicted molar refractivity (Wildman–Crippen MR) is 95.3 cm³/mol. The summed E-state index contributed by atoms with van der Waals surface area (Å²) in [6.45, 7) is 5.63. The molecule has 2 saturated carbocycles. The Morgan fingerprint density at radius 1 is 1.15 bits per heavy atom. The van der Waals surface area contributed by atoms with E-state index in [9.17, 15) is 14.4 Å². The summed E-state index contributed by atoms with van der Waals surface area (Å²) in [6, 6.07) is 0. The van der Waals surface area contributed by atoms with Gasteiger partial charge in [0, 0.05) is 0 Å². The Balaban J connectivity index is 1.79. The predicted octanol–water partition coefficient (Wildman–Crippen LogP) is 2.66. The van der Waals surface area contributed by atoms with Crippen molar-refractivity contribution >= 4 is 41.2 Å². The third-order valence-electron chi connectivity index (χ3n) is 7.20. The number of carbonyl (C=O) groups is 3. The van der Waals surface area contributed by atoms with Crippen LogP contribution in [0.5, 0.6) is 0 Å². The molecule has 4 fully saturated rings. The Bertz CT molecular complexity index is 710. The molecule has 6 atom stereocenters. The standard InChI is InChI=1S/C18H23Cl2NO6/c1-16(2)9-4-5-18(16)10(8-9)25-6-7-26-14(23)17(3,20)11-12(19)21(13(18)22)15(24)27-11/h9-12H,4-8H2,1-3H3/t9-,10-,11-,12+,17?,18+/m0/s1. The quantitative estimate of drug-likeness (QED) is 0.341. The fraction of sp³-hybridized carbons (Fsp3) is 0.833. The van der Waals surface area contributed by atoms with Crippen LogP contribution in [-0.4, -0.2) is 58.7 Å². The number of imide groups is 1. The zero-order chi connectivity index (χ0) is 19.8. The second-order valence-corrected chi connectivity index (χ2v) is 9.82. The van der Waals surface area contributed by atoms with Crippen molar-refractivity contribution in [3.05, 3.63) is 0 Å². The van der Waals surface area contributed by atoms with E-state index in [1.54, 1.807) is 0 Å². The maximum absolute atomic E-state index is 13.7. The number of halogens is 2. The number of rotatable bonds is 0. The van der Waals surface area contributed by atoms with Crippen molar-refractivity contribution in [3.63, 3.8) is 0 Å². The molecule has 2 amide bonds. The first-order valence-corrected chi connectivity index (χ1v) is 10.0. The summed E-state index contributed by atoms with van der Waals surface area (Å²) >= 11 is 12.8. The van der Waals surface area contributed by atoms with Crippen molar-refractivity contribution in [1.82, 2.24) is 4.90 Å². The average molecular weight is 420 g/mol. The van der Waals surface area contributed by atoms with Gasteiger partial charge in [-0.3, -0.25) is 9.59 Å². The number of ether oxygens (including phenoxy) is 3. The van der Waals surface area contributed by atoms with Crippen molar-refractivity contribution in [1.29, 1.82) is 0 Å². The highest BCUT2D eigenvalue weighted by Crippen LogP contribution is 2.67. The molecule has 2 aliphatic carbocycles. The third kappa shape index (κ3) is 2.34. The SMILES string of the molecule is CC1(Cl)C(=O)OCCO[C@H]2C[C@@H]3CC[C@@]2(C(=O)N2C(=O)O[C@H]1[C@@H]2Cl)C3(C)C. The van der Waals surface area contributed by atoms with E-state index in [-0.39, 0.29) is 24.7 Å². The normalized spacial score (nSPS) is 46.4. The van der Waals surface area contributed by atoms with Crippen LogP contribution in [0.2, 0.25) is 0 Å². The molecule has 0 aromatic carbocycles. The van der Waals surface area contributed by atoms with E-state index in [4.69, 9.17) is 37.4 Å². The molecule has 0 aromatic rings. The molecule has 4 bridgehead atoms. The topological polar surface area (TPSA) is 82.1 Å². The molecule has 1 spiro atoms. The van der Waals surface area contributed by atoms with Gasteiger partial charge in [-0.15, -0.1) is 11.6 Å². The number of fused-ring (bicyclic) bond motifs is 3. The van der Waals surface area contributed by atoms with Gasteiger partial charge in [0.1, 0.15) is 6.61 Å². The van der Waals surface area contributed by atoms with Gasteiger partial charge < -0.3 is 14.2 Å². The second-order valence-electron chi connectivity index (χ2n) is 8.59. The van der Waals surface area contributed by atoms with E-state index in [1.165, 1.54) is 6.92 Å². The van der Waals surface area contributed by atoms with E-state index >= 15 is 0 Å². The molecule has 1 unspecified atom stereocenters. The van der Waals surface area contributed by atoms with Crippen molar-refractivity contribution in [2.75, 3.05) is 13.2 Å². The molecule has 2 aliphatic heterocycles. The summed E-state index contributed by atoms with van der Waals surface area (Å²) in [5.74, 6) is -0.860. The molecule has 2 heterocycles. The highest BCUT2D eigenvalue weighted by Gasteiger charge is 2.71. The van der Waals surface area contributed by atoms with E-state index in [2.05, 4.69) is 0 Å². The van der Waals surface area contributed by atoms with Crippen molar-refractivity contribution in [2.24, 2.45) is 16.7 Å². The number of esters is 1. The Labute approximate surface area is 167 Å². The molecular formula is C18H23Cl2NO6. The van der Waals surface area contributed by atoms with Gasteiger partial charge in [-0.1, -0.05) is 25.4 Å². The summed E-state index contributed by atoms with van der Waals surface area (Å²) in [5.41, 5.74) is -2.43. The molecular weight excluding hydrogens is 397 g/mol. The lowest BCUT2D eigenvalue weighted by atomic mass is 9.67. The molecule has 150 valence electrons. The van der Waals surface area contributed by atoms with Gasteiger partial charge in [0.2, 0.25) is 5.91 Å².